The Hall–Kier alpha value is -1.18. The monoisotopic (exact) mass is 196 g/mol. The minimum absolute atomic E-state index is 0.0950. The van der Waals surface area contributed by atoms with Crippen LogP contribution in [0.3, 0.4) is 0 Å². The van der Waals surface area contributed by atoms with Crippen LogP contribution in [0.25, 0.3) is 5.57 Å². The quantitative estimate of drug-likeness (QED) is 0.674. The number of halogens is 2. The van der Waals surface area contributed by atoms with E-state index in [4.69, 9.17) is 0 Å². The van der Waals surface area contributed by atoms with Gasteiger partial charge in [-0.05, 0) is 17.9 Å². The van der Waals surface area contributed by atoms with Gasteiger partial charge in [0.2, 0.25) is 0 Å². The summed E-state index contributed by atoms with van der Waals surface area (Å²) in [7, 11) is 0. The lowest BCUT2D eigenvalue weighted by Crippen LogP contribution is -1.98. The number of benzene rings is 1. The van der Waals surface area contributed by atoms with Crippen LogP contribution in [0.4, 0.5) is 8.78 Å². The van der Waals surface area contributed by atoms with Gasteiger partial charge in [0, 0.05) is 5.57 Å². The van der Waals surface area contributed by atoms with E-state index in [9.17, 15) is 8.78 Å². The molecule has 0 aromatic heterocycles. The predicted octanol–water partition coefficient (Wildman–Crippen LogP) is 4.34. The highest BCUT2D eigenvalue weighted by Gasteiger charge is 2.14. The van der Waals surface area contributed by atoms with Gasteiger partial charge in [-0.25, -0.2) is 0 Å². The molecule has 0 aliphatic rings. The third-order valence-corrected chi connectivity index (χ3v) is 2.39. The van der Waals surface area contributed by atoms with Gasteiger partial charge in [-0.1, -0.05) is 44.2 Å². The molecule has 0 radical (unpaired) electrons. The van der Waals surface area contributed by atoms with E-state index in [2.05, 4.69) is 0 Å². The fourth-order valence-corrected chi connectivity index (χ4v) is 1.40. The average Bonchev–Trinajstić information content (AvgIpc) is 2.19. The SMILES string of the molecule is CCC(C)C(=C(F)F)c1ccccc1. The molecule has 0 aliphatic carbocycles. The lowest BCUT2D eigenvalue weighted by molar-refractivity contribution is 0.417. The maximum absolute atomic E-state index is 12.7. The van der Waals surface area contributed by atoms with Crippen molar-refractivity contribution in [2.75, 3.05) is 0 Å². The molecule has 0 fully saturated rings. The average molecular weight is 196 g/mol. The molecule has 0 heterocycles. The van der Waals surface area contributed by atoms with E-state index in [0.29, 0.717) is 5.56 Å². The first-order valence-electron chi connectivity index (χ1n) is 4.77. The summed E-state index contributed by atoms with van der Waals surface area (Å²) in [5, 5.41) is 0. The number of hydrogen-bond donors (Lipinski definition) is 0. The zero-order valence-corrected chi connectivity index (χ0v) is 8.43. The predicted molar refractivity (Wildman–Crippen MR) is 55.0 cm³/mol. The summed E-state index contributed by atoms with van der Waals surface area (Å²) < 4.78 is 25.4. The second-order valence-electron chi connectivity index (χ2n) is 3.35. The first-order chi connectivity index (χ1) is 6.66. The summed E-state index contributed by atoms with van der Waals surface area (Å²) in [6.45, 7) is 3.73. The number of rotatable bonds is 3. The van der Waals surface area contributed by atoms with Gasteiger partial charge in [0.15, 0.2) is 0 Å². The molecule has 2 heteroatoms. The topological polar surface area (TPSA) is 0 Å². The molecule has 0 N–H and O–H groups in total. The zero-order valence-electron chi connectivity index (χ0n) is 8.43. The van der Waals surface area contributed by atoms with E-state index in [1.807, 2.05) is 19.9 Å². The van der Waals surface area contributed by atoms with Crippen LogP contribution >= 0.6 is 0 Å². The van der Waals surface area contributed by atoms with Crippen molar-refractivity contribution in [3.63, 3.8) is 0 Å². The molecule has 1 atom stereocenters. The lowest BCUT2D eigenvalue weighted by Gasteiger charge is -2.12. The van der Waals surface area contributed by atoms with Gasteiger partial charge in [-0.2, -0.15) is 8.78 Å². The number of allylic oxidation sites excluding steroid dienone is 1. The summed E-state index contributed by atoms with van der Waals surface area (Å²) in [5.74, 6) is -0.0950. The van der Waals surface area contributed by atoms with Crippen LogP contribution in [0.2, 0.25) is 0 Å². The van der Waals surface area contributed by atoms with Crippen molar-refractivity contribution < 1.29 is 8.78 Å². The normalized spacial score (nSPS) is 12.3. The molecule has 0 amide bonds. The molecule has 76 valence electrons. The van der Waals surface area contributed by atoms with Crippen LogP contribution in [0, 0.1) is 5.92 Å². The molecule has 0 spiro atoms. The van der Waals surface area contributed by atoms with Crippen molar-refractivity contribution >= 4 is 5.57 Å². The Balaban J connectivity index is 3.09. The molecule has 0 saturated heterocycles. The zero-order chi connectivity index (χ0) is 10.6. The molecule has 1 rings (SSSR count). The Bertz CT molecular complexity index is 310. The molecule has 0 saturated carbocycles. The van der Waals surface area contributed by atoms with Crippen LogP contribution in [0.1, 0.15) is 25.8 Å². The van der Waals surface area contributed by atoms with Crippen LogP contribution in [-0.2, 0) is 0 Å². The fraction of sp³-hybridized carbons (Fsp3) is 0.333. The van der Waals surface area contributed by atoms with Crippen molar-refractivity contribution in [1.29, 1.82) is 0 Å². The second-order valence-corrected chi connectivity index (χ2v) is 3.35. The standard InChI is InChI=1S/C12H14F2/c1-3-9(2)11(12(13)14)10-7-5-4-6-8-10/h4-9H,3H2,1-2H3. The largest absolute Gasteiger partial charge is 0.274 e. The Labute approximate surface area is 83.3 Å². The molecule has 0 nitrogen and oxygen atoms in total. The van der Waals surface area contributed by atoms with Gasteiger partial charge < -0.3 is 0 Å². The molecule has 14 heavy (non-hydrogen) atoms. The first-order valence-corrected chi connectivity index (χ1v) is 4.77. The maximum Gasteiger partial charge on any atom is 0.274 e. The third kappa shape index (κ3) is 2.41. The lowest BCUT2D eigenvalue weighted by atomic mass is 9.93. The van der Waals surface area contributed by atoms with Crippen LogP contribution < -0.4 is 0 Å². The van der Waals surface area contributed by atoms with Crippen LogP contribution in [0.15, 0.2) is 36.4 Å². The minimum Gasteiger partial charge on any atom is -0.173 e. The summed E-state index contributed by atoms with van der Waals surface area (Å²) in [6, 6.07) is 8.83. The fourth-order valence-electron chi connectivity index (χ4n) is 1.40. The second kappa shape index (κ2) is 4.89. The Morgan fingerprint density at radius 1 is 1.21 bits per heavy atom. The van der Waals surface area contributed by atoms with Crippen molar-refractivity contribution in [2.24, 2.45) is 5.92 Å². The highest BCUT2D eigenvalue weighted by molar-refractivity contribution is 5.67. The summed E-state index contributed by atoms with van der Waals surface area (Å²) in [4.78, 5) is 0. The van der Waals surface area contributed by atoms with E-state index < -0.39 is 6.08 Å². The highest BCUT2D eigenvalue weighted by Crippen LogP contribution is 2.29. The van der Waals surface area contributed by atoms with E-state index in [0.717, 1.165) is 6.42 Å². The van der Waals surface area contributed by atoms with Crippen molar-refractivity contribution in [3.8, 4) is 0 Å². The highest BCUT2D eigenvalue weighted by atomic mass is 19.3. The Kier molecular flexibility index (Phi) is 3.81. The van der Waals surface area contributed by atoms with Gasteiger partial charge in [0.05, 0.1) is 0 Å². The Morgan fingerprint density at radius 2 is 1.79 bits per heavy atom. The van der Waals surface area contributed by atoms with Gasteiger partial charge in [-0.15, -0.1) is 0 Å². The minimum atomic E-state index is -1.56. The van der Waals surface area contributed by atoms with E-state index in [1.165, 1.54) is 0 Å². The third-order valence-electron chi connectivity index (χ3n) is 2.39. The van der Waals surface area contributed by atoms with E-state index >= 15 is 0 Å². The molecule has 1 aromatic carbocycles. The molecule has 0 aliphatic heterocycles. The molecular formula is C12H14F2. The molecule has 1 unspecified atom stereocenters. The van der Waals surface area contributed by atoms with Crippen LogP contribution in [0.5, 0.6) is 0 Å². The van der Waals surface area contributed by atoms with Crippen molar-refractivity contribution in [2.45, 2.75) is 20.3 Å². The maximum atomic E-state index is 12.7. The van der Waals surface area contributed by atoms with E-state index in [1.54, 1.807) is 24.3 Å². The smallest absolute Gasteiger partial charge is 0.173 e. The van der Waals surface area contributed by atoms with Gasteiger partial charge in [0.25, 0.3) is 6.08 Å². The molecule has 1 aromatic rings. The summed E-state index contributed by atoms with van der Waals surface area (Å²) in [5.41, 5.74) is 0.801. The summed E-state index contributed by atoms with van der Waals surface area (Å²) >= 11 is 0. The van der Waals surface area contributed by atoms with Crippen molar-refractivity contribution in [1.82, 2.24) is 0 Å². The van der Waals surface area contributed by atoms with Gasteiger partial charge in [-0.3, -0.25) is 0 Å². The number of hydrogen-bond acceptors (Lipinski definition) is 0. The van der Waals surface area contributed by atoms with Gasteiger partial charge >= 0.3 is 0 Å². The molecule has 0 bridgehead atoms. The van der Waals surface area contributed by atoms with E-state index in [-0.39, 0.29) is 11.5 Å². The van der Waals surface area contributed by atoms with Crippen LogP contribution in [-0.4, -0.2) is 0 Å². The van der Waals surface area contributed by atoms with Crippen molar-refractivity contribution in [3.05, 3.63) is 42.0 Å². The van der Waals surface area contributed by atoms with Gasteiger partial charge in [0.1, 0.15) is 0 Å². The Morgan fingerprint density at radius 3 is 2.21 bits per heavy atom. The first kappa shape index (κ1) is 10.9. The summed E-state index contributed by atoms with van der Waals surface area (Å²) in [6.07, 6.45) is -0.841. The molecular weight excluding hydrogens is 182 g/mol.